The molecule has 8 heteroatoms. The number of ether oxygens (including phenoxy) is 1. The van der Waals surface area contributed by atoms with Crippen LogP contribution in [0.25, 0.3) is 0 Å². The molecule has 0 saturated heterocycles. The van der Waals surface area contributed by atoms with Gasteiger partial charge in [0.25, 0.3) is 0 Å². The molecule has 0 aliphatic heterocycles. The molecule has 0 radical (unpaired) electrons. The lowest BCUT2D eigenvalue weighted by Crippen LogP contribution is -2.39. The van der Waals surface area contributed by atoms with Crippen molar-refractivity contribution in [2.24, 2.45) is 5.73 Å². The van der Waals surface area contributed by atoms with Gasteiger partial charge in [0.1, 0.15) is 6.54 Å². The summed E-state index contributed by atoms with van der Waals surface area (Å²) in [4.78, 5) is 6.20. The molecule has 0 amide bonds. The Hall–Kier alpha value is -0.860. The molecule has 0 aromatic carbocycles. The summed E-state index contributed by atoms with van der Waals surface area (Å²) < 4.78 is 42.7. The van der Waals surface area contributed by atoms with E-state index in [-0.39, 0.29) is 19.2 Å². The minimum absolute atomic E-state index is 0.244. The Morgan fingerprint density at radius 3 is 2.47 bits per heavy atom. The summed E-state index contributed by atoms with van der Waals surface area (Å²) >= 11 is 1.19. The number of nitrogens with zero attached hydrogens (tertiary/aromatic N) is 2. The fourth-order valence-electron chi connectivity index (χ4n) is 1.57. The van der Waals surface area contributed by atoms with E-state index in [0.717, 1.165) is 4.88 Å². The van der Waals surface area contributed by atoms with E-state index >= 15 is 0 Å². The van der Waals surface area contributed by atoms with Crippen LogP contribution in [0.4, 0.5) is 18.3 Å². The summed E-state index contributed by atoms with van der Waals surface area (Å²) in [5.41, 5.74) is 6.18. The molecule has 1 rings (SSSR count). The van der Waals surface area contributed by atoms with Gasteiger partial charge in [-0.05, 0) is 13.8 Å². The molecule has 110 valence electrons. The molecule has 0 saturated carbocycles. The van der Waals surface area contributed by atoms with Gasteiger partial charge in [-0.15, -0.1) is 11.3 Å². The maximum atomic E-state index is 12.6. The third-order valence-corrected chi connectivity index (χ3v) is 3.61. The van der Waals surface area contributed by atoms with Gasteiger partial charge in [0.2, 0.25) is 0 Å². The lowest BCUT2D eigenvalue weighted by Gasteiger charge is -2.27. The van der Waals surface area contributed by atoms with E-state index in [0.29, 0.717) is 10.8 Å². The number of hydrogen-bond acceptors (Lipinski definition) is 5. The number of nitrogens with two attached hydrogens (primary N) is 1. The molecule has 1 aromatic heterocycles. The standard InChI is InChI=1S/C11H18F3N3OS/c1-7(2)17(6-11(12,13)14)10-16-8(5-18-3)9(4-15)19-10/h7H,4-6,15H2,1-3H3. The first-order chi connectivity index (χ1) is 8.78. The summed E-state index contributed by atoms with van der Waals surface area (Å²) in [6, 6.07) is -0.297. The van der Waals surface area contributed by atoms with E-state index in [1.54, 1.807) is 13.8 Å². The van der Waals surface area contributed by atoms with Crippen LogP contribution in [0.2, 0.25) is 0 Å². The zero-order valence-corrected chi connectivity index (χ0v) is 11.9. The second-order valence-corrected chi connectivity index (χ2v) is 5.40. The summed E-state index contributed by atoms with van der Waals surface area (Å²) in [6.45, 7) is 2.88. The van der Waals surface area contributed by atoms with Crippen molar-refractivity contribution in [3.05, 3.63) is 10.6 Å². The van der Waals surface area contributed by atoms with Gasteiger partial charge in [-0.2, -0.15) is 13.2 Å². The number of anilines is 1. The molecule has 0 unspecified atom stereocenters. The second-order valence-electron chi connectivity index (χ2n) is 4.34. The number of methoxy groups -OCH3 is 1. The smallest absolute Gasteiger partial charge is 0.378 e. The molecule has 19 heavy (non-hydrogen) atoms. The van der Waals surface area contributed by atoms with Crippen LogP contribution in [0, 0.1) is 0 Å². The van der Waals surface area contributed by atoms with Crippen molar-refractivity contribution in [2.75, 3.05) is 18.6 Å². The van der Waals surface area contributed by atoms with Gasteiger partial charge in [-0.25, -0.2) is 4.98 Å². The monoisotopic (exact) mass is 297 g/mol. The Balaban J connectivity index is 3.02. The number of alkyl halides is 3. The second kappa shape index (κ2) is 6.53. The van der Waals surface area contributed by atoms with Crippen molar-refractivity contribution in [1.82, 2.24) is 4.98 Å². The number of hydrogen-bond donors (Lipinski definition) is 1. The quantitative estimate of drug-likeness (QED) is 0.876. The van der Waals surface area contributed by atoms with Gasteiger partial charge in [-0.1, -0.05) is 0 Å². The highest BCUT2D eigenvalue weighted by atomic mass is 32.1. The van der Waals surface area contributed by atoms with Gasteiger partial charge >= 0.3 is 6.18 Å². The SMILES string of the molecule is COCc1nc(N(CC(F)(F)F)C(C)C)sc1CN. The van der Waals surface area contributed by atoms with E-state index in [4.69, 9.17) is 10.5 Å². The van der Waals surface area contributed by atoms with E-state index in [1.165, 1.54) is 23.3 Å². The predicted octanol–water partition coefficient (Wildman–Crippen LogP) is 2.53. The van der Waals surface area contributed by atoms with Crippen LogP contribution in [0.3, 0.4) is 0 Å². The molecule has 0 bridgehead atoms. The van der Waals surface area contributed by atoms with Crippen LogP contribution in [0.15, 0.2) is 0 Å². The summed E-state index contributed by atoms with van der Waals surface area (Å²) in [7, 11) is 1.51. The Bertz CT molecular complexity index is 406. The molecule has 0 aliphatic carbocycles. The molecule has 0 fully saturated rings. The molecule has 0 spiro atoms. The molecule has 1 aromatic rings. The lowest BCUT2D eigenvalue weighted by atomic mass is 10.3. The Morgan fingerprint density at radius 1 is 1.42 bits per heavy atom. The molecule has 1 heterocycles. The average Bonchev–Trinajstić information content (AvgIpc) is 2.68. The lowest BCUT2D eigenvalue weighted by molar-refractivity contribution is -0.120. The van der Waals surface area contributed by atoms with Crippen LogP contribution >= 0.6 is 11.3 Å². The minimum atomic E-state index is -4.26. The third-order valence-electron chi connectivity index (χ3n) is 2.45. The van der Waals surface area contributed by atoms with E-state index in [9.17, 15) is 13.2 Å². The topological polar surface area (TPSA) is 51.4 Å². The third kappa shape index (κ3) is 4.63. The predicted molar refractivity (Wildman–Crippen MR) is 69.3 cm³/mol. The largest absolute Gasteiger partial charge is 0.406 e. The van der Waals surface area contributed by atoms with Crippen molar-refractivity contribution in [3.63, 3.8) is 0 Å². The zero-order valence-electron chi connectivity index (χ0n) is 11.1. The zero-order chi connectivity index (χ0) is 14.6. The number of halogens is 3. The minimum Gasteiger partial charge on any atom is -0.378 e. The first-order valence-corrected chi connectivity index (χ1v) is 6.61. The highest BCUT2D eigenvalue weighted by Gasteiger charge is 2.33. The highest BCUT2D eigenvalue weighted by Crippen LogP contribution is 2.30. The van der Waals surface area contributed by atoms with Crippen molar-refractivity contribution in [3.8, 4) is 0 Å². The van der Waals surface area contributed by atoms with E-state index in [1.807, 2.05) is 0 Å². The van der Waals surface area contributed by atoms with Gasteiger partial charge in [0.15, 0.2) is 5.13 Å². The average molecular weight is 297 g/mol. The van der Waals surface area contributed by atoms with Gasteiger partial charge in [0, 0.05) is 24.6 Å². The molecule has 0 aliphatic rings. The van der Waals surface area contributed by atoms with Crippen molar-refractivity contribution in [2.45, 2.75) is 39.2 Å². The van der Waals surface area contributed by atoms with Crippen molar-refractivity contribution < 1.29 is 17.9 Å². The van der Waals surface area contributed by atoms with Crippen molar-refractivity contribution >= 4 is 16.5 Å². The summed E-state index contributed by atoms with van der Waals surface area (Å²) in [6.07, 6.45) is -4.26. The highest BCUT2D eigenvalue weighted by molar-refractivity contribution is 7.15. The number of aromatic nitrogens is 1. The van der Waals surface area contributed by atoms with Gasteiger partial charge in [0.05, 0.1) is 12.3 Å². The molecule has 2 N–H and O–H groups in total. The maximum absolute atomic E-state index is 12.6. The summed E-state index contributed by atoms with van der Waals surface area (Å²) in [5.74, 6) is 0. The summed E-state index contributed by atoms with van der Waals surface area (Å²) in [5, 5.41) is 0.333. The first kappa shape index (κ1) is 16.2. The molecular formula is C11H18F3N3OS. The van der Waals surface area contributed by atoms with Gasteiger partial charge < -0.3 is 15.4 Å². The van der Waals surface area contributed by atoms with Crippen LogP contribution in [0.5, 0.6) is 0 Å². The first-order valence-electron chi connectivity index (χ1n) is 5.79. The van der Waals surface area contributed by atoms with Crippen LogP contribution in [0.1, 0.15) is 24.4 Å². The van der Waals surface area contributed by atoms with Crippen LogP contribution in [-0.2, 0) is 17.9 Å². The maximum Gasteiger partial charge on any atom is 0.406 e. The number of thiazole rings is 1. The molecule has 0 atom stereocenters. The Kier molecular flexibility index (Phi) is 5.57. The van der Waals surface area contributed by atoms with Crippen LogP contribution in [-0.4, -0.2) is 30.9 Å². The fraction of sp³-hybridized carbons (Fsp3) is 0.727. The number of rotatable bonds is 6. The van der Waals surface area contributed by atoms with Gasteiger partial charge in [-0.3, -0.25) is 0 Å². The Morgan fingerprint density at radius 2 is 2.05 bits per heavy atom. The van der Waals surface area contributed by atoms with Crippen LogP contribution < -0.4 is 10.6 Å². The Labute approximate surface area is 114 Å². The van der Waals surface area contributed by atoms with E-state index < -0.39 is 12.7 Å². The fourth-order valence-corrected chi connectivity index (χ4v) is 2.64. The normalized spacial score (nSPS) is 12.2. The van der Waals surface area contributed by atoms with Crippen molar-refractivity contribution in [1.29, 1.82) is 0 Å². The molecular weight excluding hydrogens is 279 g/mol. The molecule has 4 nitrogen and oxygen atoms in total. The van der Waals surface area contributed by atoms with E-state index in [2.05, 4.69) is 4.98 Å².